The molecule has 0 saturated carbocycles. The molecular weight excluding hydrogens is 212 g/mol. The number of unbranched alkanes of at least 4 members (excludes halogenated alkanes) is 1. The summed E-state index contributed by atoms with van der Waals surface area (Å²) < 4.78 is 5.62. The predicted octanol–water partition coefficient (Wildman–Crippen LogP) is 3.83. The van der Waals surface area contributed by atoms with E-state index in [2.05, 4.69) is 19.9 Å². The minimum Gasteiger partial charge on any atom is -0.493 e. The van der Waals surface area contributed by atoms with Crippen LogP contribution in [-0.4, -0.2) is 12.4 Å². The smallest absolute Gasteiger partial charge is 0.136 e. The van der Waals surface area contributed by atoms with E-state index in [0.29, 0.717) is 25.2 Å². The standard InChI is InChI=1S/C15H22O2/c1-4-5-6-14(16)9-10-17-15-8-7-12(2)11-13(15)3/h7-8,11H,4-6,9-10H2,1-3H3. The lowest BCUT2D eigenvalue weighted by Gasteiger charge is -2.09. The van der Waals surface area contributed by atoms with E-state index in [4.69, 9.17) is 4.74 Å². The molecule has 0 saturated heterocycles. The fourth-order valence-corrected chi connectivity index (χ4v) is 1.74. The van der Waals surface area contributed by atoms with Crippen LogP contribution in [0.25, 0.3) is 0 Å². The van der Waals surface area contributed by atoms with Gasteiger partial charge in [-0.2, -0.15) is 0 Å². The van der Waals surface area contributed by atoms with Crippen LogP contribution < -0.4 is 4.74 Å². The summed E-state index contributed by atoms with van der Waals surface area (Å²) in [6.07, 6.45) is 3.27. The predicted molar refractivity (Wildman–Crippen MR) is 70.6 cm³/mol. The molecule has 0 spiro atoms. The van der Waals surface area contributed by atoms with Crippen LogP contribution in [0, 0.1) is 13.8 Å². The van der Waals surface area contributed by atoms with Crippen LogP contribution in [0.2, 0.25) is 0 Å². The summed E-state index contributed by atoms with van der Waals surface area (Å²) in [6, 6.07) is 6.09. The number of benzene rings is 1. The maximum Gasteiger partial charge on any atom is 0.136 e. The van der Waals surface area contributed by atoms with Crippen molar-refractivity contribution in [1.82, 2.24) is 0 Å². The van der Waals surface area contributed by atoms with Crippen LogP contribution in [0.3, 0.4) is 0 Å². The van der Waals surface area contributed by atoms with Gasteiger partial charge in [-0.05, 0) is 31.9 Å². The van der Waals surface area contributed by atoms with Crippen LogP contribution in [0.4, 0.5) is 0 Å². The molecule has 2 nitrogen and oxygen atoms in total. The van der Waals surface area contributed by atoms with Crippen molar-refractivity contribution in [2.75, 3.05) is 6.61 Å². The zero-order valence-corrected chi connectivity index (χ0v) is 11.1. The molecule has 0 aromatic heterocycles. The topological polar surface area (TPSA) is 26.3 Å². The van der Waals surface area contributed by atoms with Gasteiger partial charge in [0.25, 0.3) is 0 Å². The molecule has 0 atom stereocenters. The molecule has 0 bridgehead atoms. The first kappa shape index (κ1) is 13.8. The van der Waals surface area contributed by atoms with Crippen LogP contribution in [0.1, 0.15) is 43.7 Å². The summed E-state index contributed by atoms with van der Waals surface area (Å²) in [4.78, 5) is 11.5. The van der Waals surface area contributed by atoms with E-state index >= 15 is 0 Å². The zero-order chi connectivity index (χ0) is 12.7. The number of ketones is 1. The molecule has 0 unspecified atom stereocenters. The van der Waals surface area contributed by atoms with Crippen molar-refractivity contribution in [2.45, 2.75) is 46.5 Å². The van der Waals surface area contributed by atoms with E-state index in [0.717, 1.165) is 24.2 Å². The zero-order valence-electron chi connectivity index (χ0n) is 11.1. The third-order valence-electron chi connectivity index (χ3n) is 2.78. The summed E-state index contributed by atoms with van der Waals surface area (Å²) in [7, 11) is 0. The molecule has 94 valence electrons. The average Bonchev–Trinajstić information content (AvgIpc) is 2.29. The van der Waals surface area contributed by atoms with Gasteiger partial charge in [0.15, 0.2) is 0 Å². The monoisotopic (exact) mass is 234 g/mol. The molecule has 1 aromatic carbocycles. The van der Waals surface area contributed by atoms with Gasteiger partial charge in [0, 0.05) is 12.8 Å². The van der Waals surface area contributed by atoms with E-state index in [-0.39, 0.29) is 0 Å². The number of aryl methyl sites for hydroxylation is 2. The van der Waals surface area contributed by atoms with E-state index < -0.39 is 0 Å². The number of ether oxygens (including phenoxy) is 1. The summed E-state index contributed by atoms with van der Waals surface area (Å²) in [5.74, 6) is 1.19. The second-order valence-electron chi connectivity index (χ2n) is 4.51. The van der Waals surface area contributed by atoms with Crippen molar-refractivity contribution in [3.8, 4) is 5.75 Å². The number of carbonyl (C=O) groups excluding carboxylic acids is 1. The van der Waals surface area contributed by atoms with Crippen LogP contribution in [-0.2, 0) is 4.79 Å². The van der Waals surface area contributed by atoms with Gasteiger partial charge < -0.3 is 4.74 Å². The molecule has 0 fully saturated rings. The Bertz CT molecular complexity index is 369. The van der Waals surface area contributed by atoms with Gasteiger partial charge >= 0.3 is 0 Å². The molecule has 0 aliphatic heterocycles. The van der Waals surface area contributed by atoms with Crippen molar-refractivity contribution in [3.63, 3.8) is 0 Å². The Morgan fingerprint density at radius 2 is 2.00 bits per heavy atom. The van der Waals surface area contributed by atoms with Crippen molar-refractivity contribution < 1.29 is 9.53 Å². The SMILES string of the molecule is CCCCC(=O)CCOc1ccc(C)cc1C. The molecule has 0 aliphatic rings. The van der Waals surface area contributed by atoms with Gasteiger partial charge in [-0.1, -0.05) is 31.0 Å². The van der Waals surface area contributed by atoms with Gasteiger partial charge in [0.2, 0.25) is 0 Å². The Morgan fingerprint density at radius 3 is 2.65 bits per heavy atom. The highest BCUT2D eigenvalue weighted by Gasteiger charge is 2.03. The molecule has 0 N–H and O–H groups in total. The lowest BCUT2D eigenvalue weighted by Crippen LogP contribution is -2.06. The third kappa shape index (κ3) is 5.03. The van der Waals surface area contributed by atoms with E-state index in [9.17, 15) is 4.79 Å². The van der Waals surface area contributed by atoms with Gasteiger partial charge in [0.1, 0.15) is 11.5 Å². The highest BCUT2D eigenvalue weighted by atomic mass is 16.5. The first-order valence-corrected chi connectivity index (χ1v) is 6.35. The summed E-state index contributed by atoms with van der Waals surface area (Å²) >= 11 is 0. The summed E-state index contributed by atoms with van der Waals surface area (Å²) in [5.41, 5.74) is 2.36. The number of hydrogen-bond acceptors (Lipinski definition) is 2. The largest absolute Gasteiger partial charge is 0.493 e. The second-order valence-corrected chi connectivity index (χ2v) is 4.51. The Kier molecular flexibility index (Phi) is 5.75. The molecule has 0 aliphatic carbocycles. The normalized spacial score (nSPS) is 10.3. The number of hydrogen-bond donors (Lipinski definition) is 0. The lowest BCUT2D eigenvalue weighted by atomic mass is 10.1. The van der Waals surface area contributed by atoms with Gasteiger partial charge in [-0.15, -0.1) is 0 Å². The average molecular weight is 234 g/mol. The van der Waals surface area contributed by atoms with Gasteiger partial charge in [-0.3, -0.25) is 4.79 Å². The van der Waals surface area contributed by atoms with Crippen LogP contribution in [0.15, 0.2) is 18.2 Å². The Morgan fingerprint density at radius 1 is 1.24 bits per heavy atom. The fourth-order valence-electron chi connectivity index (χ4n) is 1.74. The first-order valence-electron chi connectivity index (χ1n) is 6.35. The minimum atomic E-state index is 0.302. The van der Waals surface area contributed by atoms with Crippen LogP contribution in [0.5, 0.6) is 5.75 Å². The fraction of sp³-hybridized carbons (Fsp3) is 0.533. The summed E-state index contributed by atoms with van der Waals surface area (Å²) in [5, 5.41) is 0. The maximum absolute atomic E-state index is 11.5. The molecule has 0 radical (unpaired) electrons. The first-order chi connectivity index (χ1) is 8.13. The molecule has 0 heterocycles. The quantitative estimate of drug-likeness (QED) is 0.716. The molecule has 2 heteroatoms. The highest BCUT2D eigenvalue weighted by molar-refractivity contribution is 5.78. The number of rotatable bonds is 7. The van der Waals surface area contributed by atoms with Crippen molar-refractivity contribution >= 4 is 5.78 Å². The van der Waals surface area contributed by atoms with Crippen molar-refractivity contribution in [1.29, 1.82) is 0 Å². The molecular formula is C15H22O2. The van der Waals surface area contributed by atoms with Gasteiger partial charge in [-0.25, -0.2) is 0 Å². The second kappa shape index (κ2) is 7.10. The number of carbonyl (C=O) groups is 1. The van der Waals surface area contributed by atoms with Gasteiger partial charge in [0.05, 0.1) is 6.61 Å². The van der Waals surface area contributed by atoms with Crippen molar-refractivity contribution in [3.05, 3.63) is 29.3 Å². The molecule has 1 aromatic rings. The van der Waals surface area contributed by atoms with Crippen molar-refractivity contribution in [2.24, 2.45) is 0 Å². The Balaban J connectivity index is 2.33. The number of Topliss-reactive ketones (excluding diaryl/α,β-unsaturated/α-hetero) is 1. The van der Waals surface area contributed by atoms with E-state index in [1.807, 2.05) is 19.1 Å². The molecule has 1 rings (SSSR count). The molecule has 17 heavy (non-hydrogen) atoms. The van der Waals surface area contributed by atoms with E-state index in [1.165, 1.54) is 5.56 Å². The maximum atomic E-state index is 11.5. The van der Waals surface area contributed by atoms with Crippen LogP contribution >= 0.6 is 0 Å². The summed E-state index contributed by atoms with van der Waals surface area (Å²) in [6.45, 7) is 6.68. The third-order valence-corrected chi connectivity index (χ3v) is 2.78. The van der Waals surface area contributed by atoms with E-state index in [1.54, 1.807) is 0 Å². The Labute approximate surface area is 104 Å². The molecule has 0 amide bonds. The minimum absolute atomic E-state index is 0.302. The Hall–Kier alpha value is -1.31. The lowest BCUT2D eigenvalue weighted by molar-refractivity contribution is -0.119. The highest BCUT2D eigenvalue weighted by Crippen LogP contribution is 2.18.